The molecule has 2 rings (SSSR count). The molecule has 1 unspecified atom stereocenters. The Balaban J connectivity index is 0.00000312. The number of aliphatic imine (C=N–C) groups is 1. The van der Waals surface area contributed by atoms with Crippen molar-refractivity contribution in [3.8, 4) is 0 Å². The number of rotatable bonds is 8. The van der Waals surface area contributed by atoms with Crippen molar-refractivity contribution in [1.82, 2.24) is 15.6 Å². The number of aryl methyl sites for hydroxylation is 1. The maximum atomic E-state index is 10.2. The number of hydrogen-bond acceptors (Lipinski definition) is 4. The number of guanidine groups is 1. The first kappa shape index (κ1) is 21.9. The van der Waals surface area contributed by atoms with E-state index in [4.69, 9.17) is 0 Å². The minimum absolute atomic E-state index is 0. The number of thiazole rings is 1. The van der Waals surface area contributed by atoms with Gasteiger partial charge in [0, 0.05) is 37.0 Å². The van der Waals surface area contributed by atoms with E-state index in [1.165, 1.54) is 4.88 Å². The highest BCUT2D eigenvalue weighted by molar-refractivity contribution is 14.0. The highest BCUT2D eigenvalue weighted by Gasteiger charge is 2.06. The van der Waals surface area contributed by atoms with Crippen LogP contribution in [-0.4, -0.2) is 41.8 Å². The summed E-state index contributed by atoms with van der Waals surface area (Å²) in [6.45, 7) is 6.03. The number of halogens is 1. The molecule has 0 aliphatic heterocycles. The van der Waals surface area contributed by atoms with Crippen LogP contribution in [0.5, 0.6) is 0 Å². The van der Waals surface area contributed by atoms with Crippen LogP contribution in [0.1, 0.15) is 22.4 Å². The van der Waals surface area contributed by atoms with E-state index in [0.29, 0.717) is 13.0 Å². The van der Waals surface area contributed by atoms with Gasteiger partial charge in [0.1, 0.15) is 0 Å². The zero-order valence-electron chi connectivity index (χ0n) is 14.7. The molecule has 0 radical (unpaired) electrons. The van der Waals surface area contributed by atoms with Crippen molar-refractivity contribution < 1.29 is 5.11 Å². The lowest BCUT2D eigenvalue weighted by Gasteiger charge is -2.13. The van der Waals surface area contributed by atoms with E-state index in [-0.39, 0.29) is 24.0 Å². The lowest BCUT2D eigenvalue weighted by molar-refractivity contribution is 0.183. The van der Waals surface area contributed by atoms with Crippen molar-refractivity contribution in [1.29, 1.82) is 0 Å². The van der Waals surface area contributed by atoms with Crippen molar-refractivity contribution in [2.24, 2.45) is 4.99 Å². The third kappa shape index (κ3) is 8.64. The molecular weight excluding hydrogens is 447 g/mol. The summed E-state index contributed by atoms with van der Waals surface area (Å²) in [4.78, 5) is 10.1. The number of aliphatic hydroxyl groups is 1. The largest absolute Gasteiger partial charge is 0.391 e. The van der Waals surface area contributed by atoms with Crippen molar-refractivity contribution >= 4 is 41.3 Å². The molecule has 1 heterocycles. The van der Waals surface area contributed by atoms with Crippen LogP contribution in [0.25, 0.3) is 0 Å². The van der Waals surface area contributed by atoms with Crippen molar-refractivity contribution in [2.75, 3.05) is 19.6 Å². The van der Waals surface area contributed by atoms with Crippen LogP contribution < -0.4 is 10.6 Å². The van der Waals surface area contributed by atoms with E-state index in [2.05, 4.69) is 27.5 Å². The normalized spacial score (nSPS) is 12.4. The summed E-state index contributed by atoms with van der Waals surface area (Å²) in [5.41, 5.74) is 1.12. The second-order valence-corrected chi connectivity index (χ2v) is 6.92. The topological polar surface area (TPSA) is 69.5 Å². The molecule has 7 heteroatoms. The van der Waals surface area contributed by atoms with Gasteiger partial charge >= 0.3 is 0 Å². The minimum atomic E-state index is -0.482. The Morgan fingerprint density at radius 1 is 1.28 bits per heavy atom. The van der Waals surface area contributed by atoms with Crippen LogP contribution in [0.4, 0.5) is 0 Å². The Labute approximate surface area is 171 Å². The summed E-state index contributed by atoms with van der Waals surface area (Å²) >= 11 is 1.72. The SMILES string of the molecule is CCNC(=NCC(O)Cc1ccccc1)NCCc1ncc(C)s1.I. The zero-order valence-corrected chi connectivity index (χ0v) is 17.9. The molecule has 3 N–H and O–H groups in total. The molecule has 5 nitrogen and oxygen atoms in total. The third-order valence-electron chi connectivity index (χ3n) is 3.42. The van der Waals surface area contributed by atoms with E-state index >= 15 is 0 Å². The fraction of sp³-hybridized carbons (Fsp3) is 0.444. The van der Waals surface area contributed by atoms with E-state index in [1.54, 1.807) is 11.3 Å². The number of aliphatic hydroxyl groups excluding tert-OH is 1. The third-order valence-corrected chi connectivity index (χ3v) is 4.39. The van der Waals surface area contributed by atoms with Crippen LogP contribution in [0.15, 0.2) is 41.5 Å². The molecule has 1 aromatic carbocycles. The maximum absolute atomic E-state index is 10.2. The maximum Gasteiger partial charge on any atom is 0.191 e. The lowest BCUT2D eigenvalue weighted by Crippen LogP contribution is -2.39. The second kappa shape index (κ2) is 12.2. The lowest BCUT2D eigenvalue weighted by atomic mass is 10.1. The number of hydrogen-bond donors (Lipinski definition) is 3. The second-order valence-electron chi connectivity index (χ2n) is 5.60. The first-order chi connectivity index (χ1) is 11.7. The Morgan fingerprint density at radius 3 is 2.68 bits per heavy atom. The fourth-order valence-corrected chi connectivity index (χ4v) is 3.08. The van der Waals surface area contributed by atoms with Gasteiger partial charge in [-0.2, -0.15) is 0 Å². The van der Waals surface area contributed by atoms with Gasteiger partial charge in [-0.3, -0.25) is 4.99 Å². The summed E-state index contributed by atoms with van der Waals surface area (Å²) in [5, 5.41) is 17.8. The first-order valence-electron chi connectivity index (χ1n) is 8.33. The quantitative estimate of drug-likeness (QED) is 0.313. The van der Waals surface area contributed by atoms with Gasteiger partial charge in [0.05, 0.1) is 17.7 Å². The average molecular weight is 474 g/mol. The van der Waals surface area contributed by atoms with Crippen LogP contribution in [0.2, 0.25) is 0 Å². The standard InChI is InChI=1S/C18H26N4OS.HI/c1-3-19-18(20-10-9-17-21-12-14(2)24-17)22-13-16(23)11-15-7-5-4-6-8-15;/h4-8,12,16,23H,3,9-11,13H2,1-2H3,(H2,19,20,22);1H. The Kier molecular flexibility index (Phi) is 10.7. The van der Waals surface area contributed by atoms with Crippen LogP contribution >= 0.6 is 35.3 Å². The molecule has 0 spiro atoms. The summed E-state index contributed by atoms with van der Waals surface area (Å²) in [5.74, 6) is 0.734. The van der Waals surface area contributed by atoms with Crippen molar-refractivity contribution in [3.05, 3.63) is 52.0 Å². The monoisotopic (exact) mass is 474 g/mol. The zero-order chi connectivity index (χ0) is 17.2. The van der Waals surface area contributed by atoms with Gasteiger partial charge < -0.3 is 15.7 Å². The predicted molar refractivity (Wildman–Crippen MR) is 116 cm³/mol. The van der Waals surface area contributed by atoms with Crippen LogP contribution in [-0.2, 0) is 12.8 Å². The molecule has 0 fully saturated rings. The van der Waals surface area contributed by atoms with Gasteiger partial charge in [0.15, 0.2) is 5.96 Å². The molecule has 0 aliphatic rings. The van der Waals surface area contributed by atoms with Crippen LogP contribution in [0.3, 0.4) is 0 Å². The molecule has 0 aliphatic carbocycles. The molecule has 2 aromatic rings. The molecule has 0 saturated heterocycles. The number of nitrogens with one attached hydrogen (secondary N) is 2. The van der Waals surface area contributed by atoms with Gasteiger partial charge in [-0.25, -0.2) is 4.98 Å². The van der Waals surface area contributed by atoms with E-state index in [9.17, 15) is 5.11 Å². The summed E-state index contributed by atoms with van der Waals surface area (Å²) in [7, 11) is 0. The Bertz CT molecular complexity index is 633. The number of benzene rings is 1. The highest BCUT2D eigenvalue weighted by atomic mass is 127. The van der Waals surface area contributed by atoms with Crippen molar-refractivity contribution in [2.45, 2.75) is 32.8 Å². The number of aromatic nitrogens is 1. The average Bonchev–Trinajstić information content (AvgIpc) is 2.99. The highest BCUT2D eigenvalue weighted by Crippen LogP contribution is 2.10. The van der Waals surface area contributed by atoms with Gasteiger partial charge in [-0.05, 0) is 19.4 Å². The smallest absolute Gasteiger partial charge is 0.191 e. The molecule has 25 heavy (non-hydrogen) atoms. The Hall–Kier alpha value is -1.19. The fourth-order valence-electron chi connectivity index (χ4n) is 2.29. The molecule has 138 valence electrons. The molecule has 1 atom stereocenters. The molecule has 1 aromatic heterocycles. The van der Waals surface area contributed by atoms with Crippen molar-refractivity contribution in [3.63, 3.8) is 0 Å². The molecular formula is C18H27IN4OS. The molecule has 0 bridgehead atoms. The number of nitrogens with zero attached hydrogens (tertiary/aromatic N) is 2. The van der Waals surface area contributed by atoms with Gasteiger partial charge in [0.2, 0.25) is 0 Å². The van der Waals surface area contributed by atoms with Gasteiger partial charge in [-0.15, -0.1) is 35.3 Å². The Morgan fingerprint density at radius 2 is 2.04 bits per heavy atom. The summed E-state index contributed by atoms with van der Waals surface area (Å²) in [6, 6.07) is 9.98. The van der Waals surface area contributed by atoms with Gasteiger partial charge in [0.25, 0.3) is 0 Å². The molecule has 0 amide bonds. The predicted octanol–water partition coefficient (Wildman–Crippen LogP) is 2.77. The molecule has 0 saturated carbocycles. The first-order valence-corrected chi connectivity index (χ1v) is 9.14. The van der Waals surface area contributed by atoms with E-state index < -0.39 is 6.10 Å². The van der Waals surface area contributed by atoms with Crippen LogP contribution in [0, 0.1) is 6.92 Å². The summed E-state index contributed by atoms with van der Waals surface area (Å²) < 4.78 is 0. The minimum Gasteiger partial charge on any atom is -0.391 e. The van der Waals surface area contributed by atoms with Gasteiger partial charge in [-0.1, -0.05) is 30.3 Å². The van der Waals surface area contributed by atoms with E-state index in [0.717, 1.165) is 36.0 Å². The van der Waals surface area contributed by atoms with E-state index in [1.807, 2.05) is 43.5 Å². The summed E-state index contributed by atoms with van der Waals surface area (Å²) in [6.07, 6.45) is 2.90.